The van der Waals surface area contributed by atoms with Crippen molar-refractivity contribution in [2.75, 3.05) is 53.0 Å². The van der Waals surface area contributed by atoms with Crippen LogP contribution in [0.15, 0.2) is 158 Å². The van der Waals surface area contributed by atoms with E-state index >= 15 is 0 Å². The zero-order valence-corrected chi connectivity index (χ0v) is 58.4. The molecule has 546 valence electrons. The number of aliphatic hydroxyl groups excluding tert-OH is 12. The second kappa shape index (κ2) is 36.7. The van der Waals surface area contributed by atoms with E-state index in [-0.39, 0.29) is 101 Å². The first-order valence-corrected chi connectivity index (χ1v) is 34.1. The van der Waals surface area contributed by atoms with Gasteiger partial charge in [-0.2, -0.15) is 8.78 Å². The fourth-order valence-electron chi connectivity index (χ4n) is 15.5. The molecule has 0 aromatic heterocycles. The molecule has 14 radical (unpaired) electrons. The monoisotopic (exact) mass is 1440 g/mol. The zero-order chi connectivity index (χ0) is 78.3. The zero-order valence-electron chi connectivity index (χ0n) is 57.5. The fourth-order valence-corrected chi connectivity index (χ4v) is 16.8. The Morgan fingerprint density at radius 3 is 1.28 bits per heavy atom. The van der Waals surface area contributed by atoms with E-state index in [0.717, 1.165) is 12.8 Å². The van der Waals surface area contributed by atoms with Gasteiger partial charge in [0.05, 0.1) is 149 Å². The summed E-state index contributed by atoms with van der Waals surface area (Å²) in [5.74, 6) is -1.40. The van der Waals surface area contributed by atoms with Gasteiger partial charge in [0, 0.05) is 38.1 Å². The van der Waals surface area contributed by atoms with Gasteiger partial charge >= 0.3 is 7.82 Å². The Labute approximate surface area is 610 Å². The molecule has 26 atom stereocenters. The molecule has 10 fully saturated rings. The maximum absolute atomic E-state index is 12.5. The van der Waals surface area contributed by atoms with Gasteiger partial charge in [0.1, 0.15) is 36.3 Å². The Morgan fingerprint density at radius 2 is 0.913 bits per heavy atom. The minimum absolute atomic E-state index is 0.00532. The Bertz CT molecular complexity index is 3480. The van der Waals surface area contributed by atoms with Gasteiger partial charge in [0.25, 0.3) is 6.08 Å². The smallest absolute Gasteiger partial charge is 0.411 e. The number of nitrogens with zero attached hydrogens (tertiary/aromatic N) is 1. The molecule has 1 spiro atoms. The summed E-state index contributed by atoms with van der Waals surface area (Å²) in [5, 5.41) is 146. The highest BCUT2D eigenvalue weighted by Crippen LogP contribution is 2.69. The van der Waals surface area contributed by atoms with E-state index in [1.807, 2.05) is 0 Å². The number of aliphatic hydroxyl groups is 14. The number of oxime groups is 1. The largest absolute Gasteiger partial charge is 0.472 e. The lowest BCUT2D eigenvalue weighted by atomic mass is 9.75. The third-order valence-electron chi connectivity index (χ3n) is 21.7. The molecule has 16 N–H and O–H groups in total. The first-order valence-electron chi connectivity index (χ1n) is 32.6. The van der Waals surface area contributed by atoms with Gasteiger partial charge in [-0.05, 0) is 141 Å². The molecule has 0 amide bonds. The lowest BCUT2D eigenvalue weighted by Gasteiger charge is -2.32. The van der Waals surface area contributed by atoms with Gasteiger partial charge in [-0.3, -0.25) is 9.05 Å². The van der Waals surface area contributed by atoms with Crippen LogP contribution in [0.2, 0.25) is 40.7 Å². The van der Waals surface area contributed by atoms with Crippen molar-refractivity contribution in [1.29, 1.82) is 0 Å². The highest BCUT2D eigenvalue weighted by molar-refractivity contribution is 7.47. The van der Waals surface area contributed by atoms with Gasteiger partial charge in [-0.15, -0.1) is 53.1 Å². The quantitative estimate of drug-likeness (QED) is 0.0212. The van der Waals surface area contributed by atoms with Crippen molar-refractivity contribution in [2.24, 2.45) is 48.5 Å². The van der Waals surface area contributed by atoms with Crippen molar-refractivity contribution in [1.82, 2.24) is 0 Å². The molecular weight excluding hydrogens is 1350 g/mol. The van der Waals surface area contributed by atoms with Crippen LogP contribution in [0.5, 0.6) is 0 Å². The minimum atomic E-state index is -4.03. The molecule has 32 heteroatoms. The predicted octanol–water partition coefficient (Wildman–Crippen LogP) is 2.14. The average molecular weight is 1440 g/mol. The lowest BCUT2D eigenvalue weighted by molar-refractivity contribution is -0.0627. The number of hydrogen-bond acceptors (Lipinski definition) is 21. The minimum Gasteiger partial charge on any atom is -0.411 e. The molecule has 5 unspecified atom stereocenters. The van der Waals surface area contributed by atoms with Crippen molar-refractivity contribution in [3.8, 4) is 12.3 Å². The number of terminal acetylenes is 1. The SMILES string of the molecule is [B][C@@H]1C[C@](C=C=C)(CO)[C@@H]2OCOC12.[B][C@@H]1C[C@](C=C=C)(CO)[C@@H]2OP(=O)(O)OC12.[B][C@@H]1C[C@](C=C=C)(CO)[C@H](O)/C1=N/O.[B][C@@H]1C[C@](C=C=C)(CO)[C@H](O)C1(O)C#C.[B][C@@H]1C[C@](C=C=C)(CO)[C@H](O)C1(O)C=C.[B][C@@H]1C[C@](C=C=C)(CO)[C@H](O)C12CC2.[B][C@@H]1C[C@](C=C=C)(CO)[C@H](O)C1=C(F)F. The summed E-state index contributed by atoms with van der Waals surface area (Å²) < 4.78 is 56.9. The fraction of sp³-hybridized carbons (Fsp3) is 0.606. The topological polar surface area (TPSA) is 390 Å². The number of fused-ring (bicyclic) bond motifs is 2. The van der Waals surface area contributed by atoms with Crippen molar-refractivity contribution < 1.29 is 113 Å². The molecule has 22 nitrogen and oxygen atoms in total. The number of ether oxygens (including phenoxy) is 2. The molecule has 10 rings (SSSR count). The second-order valence-electron chi connectivity index (χ2n) is 27.9. The van der Waals surface area contributed by atoms with E-state index in [9.17, 15) is 84.6 Å². The van der Waals surface area contributed by atoms with Crippen LogP contribution in [0, 0.1) is 55.7 Å². The van der Waals surface area contributed by atoms with Gasteiger partial charge in [0.15, 0.2) is 0 Å². The molecule has 0 aromatic rings. The molecule has 8 saturated carbocycles. The number of hydrogen-bond donors (Lipinski definition) is 16. The summed E-state index contributed by atoms with van der Waals surface area (Å²) in [6.07, 6.45) is 12.2. The first kappa shape index (κ1) is 90.3. The van der Waals surface area contributed by atoms with E-state index in [4.69, 9.17) is 90.2 Å². The molecule has 103 heavy (non-hydrogen) atoms. The molecule has 2 aliphatic heterocycles. The van der Waals surface area contributed by atoms with E-state index in [1.54, 1.807) is 12.2 Å². The summed E-state index contributed by atoms with van der Waals surface area (Å²) >= 11 is 0. The third-order valence-corrected chi connectivity index (χ3v) is 22.7. The standard InChI is InChI=1S/C11H15BO3.C11H13BO3.C11H15BO2.C10H11BF2O2.C10H13BO3.C9H12BNO3.C9H12BO5P/c2*1-3-5-10(7-13)6-8(12)11(15,4-2)9(10)14;1-2-3-10(7-13)6-8(12)11(4-5-11)9(10)14;1-2-3-10(5-14)4-6(11)7(8(10)15)9(12)13;1-2-3-10(5-12)4-7(11)8-9(10)14-6-13-8;1-2-3-9(5-12)4-6(10)7(11-14)8(9)13;1-2-3-9(5-11)4-6(10)7-8(9)15-16(12,13)14-7/h4-5,8-9,13-15H,1-2,6-7H2;2,5,8-9,13-15H,1,6-7H2;3,8-9,13-14H,1,4-7H2;3,6,8,14-15H,1,4-5H2;3,7-9,12H,1,4-6H2;3,6,8,12-14H,1,4-5H2;3,6-8,11H,1,4-5H2,(H,12,13)/b;;;;;11-7+;/t2*8-,9+,10-,11?;8-,9+,10-;6-,8-,10-;7-,8?,9-,10-;6-,8-,9-;6-,7?,8-,9-/m1111111/s1. The second-order valence-corrected chi connectivity index (χ2v) is 29.3. The maximum atomic E-state index is 12.5. The third kappa shape index (κ3) is 17.7. The predicted molar refractivity (Wildman–Crippen MR) is 385 cm³/mol. The van der Waals surface area contributed by atoms with Crippen LogP contribution < -0.4 is 0 Å². The van der Waals surface area contributed by atoms with Gasteiger partial charge in [-0.25, -0.2) is 4.57 Å². The Morgan fingerprint density at radius 1 is 0.524 bits per heavy atom. The van der Waals surface area contributed by atoms with Crippen LogP contribution in [0.25, 0.3) is 0 Å². The van der Waals surface area contributed by atoms with Crippen LogP contribution >= 0.6 is 7.82 Å². The molecule has 2 heterocycles. The lowest BCUT2D eigenvalue weighted by Crippen LogP contribution is -2.46. The Kier molecular flexibility index (Phi) is 32.2. The molecular formula is C71H91B7F2NO21P. The number of phosphoric acid groups is 1. The van der Waals surface area contributed by atoms with E-state index in [2.05, 4.69) is 104 Å². The van der Waals surface area contributed by atoms with E-state index < -0.39 is 147 Å². The maximum Gasteiger partial charge on any atom is 0.472 e. The van der Waals surface area contributed by atoms with Gasteiger partial charge in [-0.1, -0.05) is 69.0 Å². The van der Waals surface area contributed by atoms with Gasteiger partial charge in [0.2, 0.25) is 0 Å². The molecule has 8 aliphatic carbocycles. The average Bonchev–Trinajstić information content (AvgIpc) is 1.55. The van der Waals surface area contributed by atoms with Crippen LogP contribution in [0.3, 0.4) is 0 Å². The normalized spacial score (nSPS) is 43.6. The summed E-state index contributed by atoms with van der Waals surface area (Å²) in [4.78, 5) is 9.24. The van der Waals surface area contributed by atoms with Gasteiger partial charge < -0.3 is 91.1 Å². The molecule has 0 aromatic carbocycles. The summed E-state index contributed by atoms with van der Waals surface area (Å²) in [5.41, 5.74) is 7.90. The summed E-state index contributed by atoms with van der Waals surface area (Å²) in [6, 6.07) is 0. The molecule has 10 aliphatic rings. The molecule has 0 bridgehead atoms. The first-order chi connectivity index (χ1) is 48.3. The summed E-state index contributed by atoms with van der Waals surface area (Å²) in [7, 11) is 36.2. The highest BCUT2D eigenvalue weighted by Gasteiger charge is 2.65. The van der Waals surface area contributed by atoms with Crippen LogP contribution in [-0.2, 0) is 23.1 Å². The van der Waals surface area contributed by atoms with E-state index in [0.29, 0.717) is 25.7 Å². The van der Waals surface area contributed by atoms with Crippen LogP contribution in [0.4, 0.5) is 8.78 Å². The summed E-state index contributed by atoms with van der Waals surface area (Å²) in [6.45, 7) is 25.8. The number of phosphoric ester groups is 1. The van der Waals surface area contributed by atoms with Crippen molar-refractivity contribution >= 4 is 68.5 Å². The number of halogens is 2. The Balaban J connectivity index is 0.000000255. The van der Waals surface area contributed by atoms with Crippen LogP contribution in [0.1, 0.15) is 57.8 Å². The number of rotatable bonds is 15. The van der Waals surface area contributed by atoms with Crippen molar-refractivity contribution in [3.63, 3.8) is 0 Å². The highest BCUT2D eigenvalue weighted by atomic mass is 31.2. The van der Waals surface area contributed by atoms with Crippen molar-refractivity contribution in [2.45, 2.75) is 165 Å². The van der Waals surface area contributed by atoms with Crippen LogP contribution in [-0.4, -0.2) is 261 Å². The van der Waals surface area contributed by atoms with E-state index in [1.165, 1.54) is 36.5 Å². The molecule has 2 saturated heterocycles. The Hall–Kier alpha value is -5.07. The van der Waals surface area contributed by atoms with Crippen molar-refractivity contribution in [3.05, 3.63) is 153 Å².